The van der Waals surface area contributed by atoms with E-state index in [0.29, 0.717) is 57.4 Å². The summed E-state index contributed by atoms with van der Waals surface area (Å²) in [6.45, 7) is 2.07. The van der Waals surface area contributed by atoms with E-state index in [2.05, 4.69) is 21.0 Å². The van der Waals surface area contributed by atoms with Crippen molar-refractivity contribution in [3.8, 4) is 28.5 Å². The van der Waals surface area contributed by atoms with E-state index in [0.717, 1.165) is 30.3 Å². The number of rotatable bonds is 9. The van der Waals surface area contributed by atoms with Gasteiger partial charge in [-0.1, -0.05) is 24.6 Å². The first-order valence-corrected chi connectivity index (χ1v) is 14.6. The second-order valence-electron chi connectivity index (χ2n) is 10.5. The summed E-state index contributed by atoms with van der Waals surface area (Å²) >= 11 is 6.07. The molecule has 2 aliphatic rings. The molecular formula is C32H37ClF3N5O5. The van der Waals surface area contributed by atoms with Gasteiger partial charge in [-0.3, -0.25) is 14.6 Å². The van der Waals surface area contributed by atoms with Gasteiger partial charge >= 0.3 is 6.18 Å². The molecule has 0 saturated heterocycles. The van der Waals surface area contributed by atoms with Crippen molar-refractivity contribution in [3.63, 3.8) is 0 Å². The molecule has 5 N–H and O–H groups in total. The van der Waals surface area contributed by atoms with Gasteiger partial charge in [0.15, 0.2) is 0 Å². The van der Waals surface area contributed by atoms with Gasteiger partial charge in [0, 0.05) is 40.9 Å². The third-order valence-electron chi connectivity index (χ3n) is 7.14. The Bertz CT molecular complexity index is 1550. The van der Waals surface area contributed by atoms with Gasteiger partial charge in [-0.15, -0.1) is 0 Å². The number of likely N-dealkylation sites (N-methyl/N-ethyl adjacent to an activating group) is 1. The highest BCUT2D eigenvalue weighted by Crippen LogP contribution is 2.45. The maximum atomic E-state index is 13.6. The molecule has 1 aliphatic heterocycles. The first kappa shape index (κ1) is 36.1. The molecule has 2 unspecified atom stereocenters. The monoisotopic (exact) mass is 663 g/mol. The number of aldehydes is 1. The Labute approximate surface area is 270 Å². The number of hydrogen-bond donors (Lipinski definition) is 3. The highest BCUT2D eigenvalue weighted by atomic mass is 35.5. The zero-order chi connectivity index (χ0) is 34.0. The predicted molar refractivity (Wildman–Crippen MR) is 172 cm³/mol. The van der Waals surface area contributed by atoms with Gasteiger partial charge in [0.25, 0.3) is 0 Å². The van der Waals surface area contributed by atoms with Gasteiger partial charge in [0.2, 0.25) is 6.41 Å². The number of nitrogens with two attached hydrogens (primary N) is 2. The van der Waals surface area contributed by atoms with Crippen LogP contribution in [0.25, 0.3) is 11.3 Å². The van der Waals surface area contributed by atoms with Crippen molar-refractivity contribution in [2.45, 2.75) is 43.8 Å². The lowest BCUT2D eigenvalue weighted by Gasteiger charge is -2.21. The molecule has 1 fully saturated rings. The largest absolute Gasteiger partial charge is 0.495 e. The minimum atomic E-state index is -4.41. The van der Waals surface area contributed by atoms with Gasteiger partial charge in [-0.2, -0.15) is 13.2 Å². The Morgan fingerprint density at radius 1 is 1.15 bits per heavy atom. The number of primary amides is 1. The fraction of sp³-hybridized carbons (Fsp3) is 0.375. The number of alkyl halides is 3. The van der Waals surface area contributed by atoms with Crippen LogP contribution in [-0.4, -0.2) is 70.5 Å². The molecule has 5 rings (SSSR count). The summed E-state index contributed by atoms with van der Waals surface area (Å²) in [6.07, 6.45) is 0.614. The Balaban J connectivity index is 0.000000257. The van der Waals surface area contributed by atoms with Gasteiger partial charge in [-0.05, 0) is 50.2 Å². The molecule has 1 aliphatic carbocycles. The molecule has 1 aromatic heterocycles. The average molecular weight is 664 g/mol. The number of nitrogen functional groups attached to an aromatic ring is 1. The second-order valence-corrected chi connectivity index (χ2v) is 10.9. The molecule has 2 atom stereocenters. The fourth-order valence-electron chi connectivity index (χ4n) is 4.59. The number of methoxy groups -OCH3 is 2. The quantitative estimate of drug-likeness (QED) is 0.153. The first-order chi connectivity index (χ1) is 21.9. The number of nitrogens with zero attached hydrogens (tertiary/aromatic N) is 2. The molecule has 14 heteroatoms. The van der Waals surface area contributed by atoms with Crippen LogP contribution in [0, 0.1) is 0 Å². The number of ether oxygens (including phenoxy) is 3. The summed E-state index contributed by atoms with van der Waals surface area (Å²) < 4.78 is 56.9. The van der Waals surface area contributed by atoms with Crippen LogP contribution in [0.1, 0.15) is 58.8 Å². The van der Waals surface area contributed by atoms with Gasteiger partial charge in [0.05, 0.1) is 43.3 Å². The van der Waals surface area contributed by atoms with Crippen LogP contribution >= 0.6 is 11.6 Å². The number of hydrogen-bond acceptors (Lipinski definition) is 9. The van der Waals surface area contributed by atoms with Gasteiger partial charge in [-0.25, -0.2) is 4.98 Å². The zero-order valence-electron chi connectivity index (χ0n) is 25.9. The first-order valence-electron chi connectivity index (χ1n) is 14.3. The number of halogens is 4. The number of carbonyl (C=O) groups excluding carboxylic acids is 2. The summed E-state index contributed by atoms with van der Waals surface area (Å²) in [5.41, 5.74) is 13.5. The van der Waals surface area contributed by atoms with E-state index in [9.17, 15) is 18.0 Å². The predicted octanol–water partition coefficient (Wildman–Crippen LogP) is 5.54. The van der Waals surface area contributed by atoms with Gasteiger partial charge in [0.1, 0.15) is 35.1 Å². The second kappa shape index (κ2) is 16.3. The number of carbonyl (C=O) groups is 2. The van der Waals surface area contributed by atoms with Crippen molar-refractivity contribution in [1.82, 2.24) is 10.3 Å². The lowest BCUT2D eigenvalue weighted by Crippen LogP contribution is -2.30. The van der Waals surface area contributed by atoms with Crippen LogP contribution in [0.4, 0.5) is 18.9 Å². The van der Waals surface area contributed by atoms with E-state index in [1.807, 2.05) is 6.92 Å². The molecule has 0 bridgehead atoms. The van der Waals surface area contributed by atoms with E-state index in [1.165, 1.54) is 27.3 Å². The SMILES string of the molecule is CNCC(c1cc2c(c(-c3ccc(Cl)c(OC)c3)n1)OCC2C)C(F)(F)F.COc1cc(C=O)cc(C=NC2CC2)c1N.NC=O. The Morgan fingerprint density at radius 3 is 2.39 bits per heavy atom. The summed E-state index contributed by atoms with van der Waals surface area (Å²) in [5.74, 6) is -0.279. The van der Waals surface area contributed by atoms with E-state index in [1.54, 1.807) is 36.5 Å². The molecule has 10 nitrogen and oxygen atoms in total. The van der Waals surface area contributed by atoms with Gasteiger partial charge < -0.3 is 31.0 Å². The number of amides is 1. The topological polar surface area (TPSA) is 151 Å². The van der Waals surface area contributed by atoms with E-state index < -0.39 is 12.1 Å². The third kappa shape index (κ3) is 9.10. The van der Waals surface area contributed by atoms with Crippen LogP contribution in [0.5, 0.6) is 17.2 Å². The number of fused-ring (bicyclic) bond motifs is 1. The van der Waals surface area contributed by atoms with Crippen LogP contribution in [0.2, 0.25) is 5.02 Å². The molecule has 0 radical (unpaired) electrons. The number of pyridine rings is 1. The van der Waals surface area contributed by atoms with Crippen molar-refractivity contribution in [2.24, 2.45) is 10.7 Å². The Hall–Kier alpha value is -4.36. The standard InChI is InChI=1S/C19H20ClF3N2O2.C12H14N2O2.CH3NO/c1-10-9-27-18-12(10)7-15(13(8-24-2)19(21,22)23)25-17(18)11-4-5-14(20)16(6-11)26-3;1-16-11-5-8(7-15)4-9(12(11)13)6-14-10-2-3-10;2-1-3/h4-7,10,13,24H,8-9H2,1-3H3;4-7,10H,2-3,13H2,1H3;1H,(H2,2,3). The maximum absolute atomic E-state index is 13.6. The normalized spacial score (nSPS) is 15.8. The highest BCUT2D eigenvalue weighted by molar-refractivity contribution is 6.32. The van der Waals surface area contributed by atoms with E-state index in [4.69, 9.17) is 36.3 Å². The molecule has 0 spiro atoms. The number of nitrogens with one attached hydrogen (secondary N) is 1. The number of aliphatic imine (C=N–C) groups is 1. The molecule has 248 valence electrons. The van der Waals surface area contributed by atoms with Crippen molar-refractivity contribution in [2.75, 3.05) is 40.2 Å². The highest BCUT2D eigenvalue weighted by Gasteiger charge is 2.42. The maximum Gasteiger partial charge on any atom is 0.398 e. The van der Waals surface area contributed by atoms with Crippen LogP contribution < -0.4 is 31.0 Å². The molecular weight excluding hydrogens is 627 g/mol. The summed E-state index contributed by atoms with van der Waals surface area (Å²) in [5, 5.41) is 3.02. The van der Waals surface area contributed by atoms with Crippen LogP contribution in [0.3, 0.4) is 0 Å². The lowest BCUT2D eigenvalue weighted by molar-refractivity contribution is -0.150. The zero-order valence-corrected chi connectivity index (χ0v) is 26.6. The van der Waals surface area contributed by atoms with Crippen LogP contribution in [0.15, 0.2) is 41.4 Å². The summed E-state index contributed by atoms with van der Waals surface area (Å²) in [6, 6.07) is 10.3. The smallest absolute Gasteiger partial charge is 0.398 e. The third-order valence-corrected chi connectivity index (χ3v) is 7.45. The molecule has 1 amide bonds. The van der Waals surface area contributed by atoms with Crippen molar-refractivity contribution < 1.29 is 37.0 Å². The van der Waals surface area contributed by atoms with Crippen molar-refractivity contribution in [3.05, 3.63) is 63.8 Å². The van der Waals surface area contributed by atoms with Crippen molar-refractivity contribution >= 4 is 36.2 Å². The number of aromatic nitrogens is 1. The Kier molecular flexibility index (Phi) is 12.8. The summed E-state index contributed by atoms with van der Waals surface area (Å²) in [7, 11) is 4.50. The molecule has 46 heavy (non-hydrogen) atoms. The van der Waals surface area contributed by atoms with E-state index in [-0.39, 0.29) is 24.6 Å². The summed E-state index contributed by atoms with van der Waals surface area (Å²) in [4.78, 5) is 28.0. The van der Waals surface area contributed by atoms with Crippen molar-refractivity contribution in [1.29, 1.82) is 0 Å². The Morgan fingerprint density at radius 2 is 1.83 bits per heavy atom. The molecule has 2 heterocycles. The molecule has 1 saturated carbocycles. The lowest BCUT2D eigenvalue weighted by atomic mass is 9.95. The fourth-order valence-corrected chi connectivity index (χ4v) is 4.78. The van der Waals surface area contributed by atoms with E-state index >= 15 is 0 Å². The minimum Gasteiger partial charge on any atom is -0.495 e. The molecule has 3 aromatic rings. The number of anilines is 1. The number of benzene rings is 2. The molecule has 2 aromatic carbocycles. The average Bonchev–Trinajstić information content (AvgIpc) is 3.79. The van der Waals surface area contributed by atoms with Crippen LogP contribution in [-0.2, 0) is 4.79 Å². The minimum absolute atomic E-state index is 0.0156.